The van der Waals surface area contributed by atoms with Gasteiger partial charge in [0.15, 0.2) is 0 Å². The Hall–Kier alpha value is -3.48. The van der Waals surface area contributed by atoms with E-state index in [-0.39, 0.29) is 23.7 Å². The van der Waals surface area contributed by atoms with Crippen LogP contribution in [0.25, 0.3) is 0 Å². The van der Waals surface area contributed by atoms with Crippen LogP contribution in [0.4, 0.5) is 11.7 Å². The topological polar surface area (TPSA) is 88.3 Å². The van der Waals surface area contributed by atoms with E-state index in [9.17, 15) is 9.59 Å². The molecule has 7 heteroatoms. The molecule has 1 unspecified atom stereocenters. The molecular weight excluding hydrogens is 332 g/mol. The number of para-hydroxylation sites is 1. The molecule has 7 nitrogen and oxygen atoms in total. The van der Waals surface area contributed by atoms with Crippen LogP contribution in [0.1, 0.15) is 28.6 Å². The second-order valence-electron chi connectivity index (χ2n) is 6.01. The van der Waals surface area contributed by atoms with Gasteiger partial charge in [-0.2, -0.15) is 0 Å². The summed E-state index contributed by atoms with van der Waals surface area (Å²) < 4.78 is 5.56. The van der Waals surface area contributed by atoms with Crippen molar-refractivity contribution in [1.82, 2.24) is 10.2 Å². The SMILES string of the molecule is O=C(Nc1nnc(C2CC(=O)N(c3ccccc3)C2)o1)c1ccccc1. The van der Waals surface area contributed by atoms with Crippen LogP contribution in [0.3, 0.4) is 0 Å². The molecule has 1 atom stereocenters. The van der Waals surface area contributed by atoms with E-state index in [0.717, 1.165) is 5.69 Å². The Morgan fingerprint density at radius 3 is 2.46 bits per heavy atom. The van der Waals surface area contributed by atoms with Crippen LogP contribution in [-0.2, 0) is 4.79 Å². The molecule has 2 amide bonds. The second kappa shape index (κ2) is 6.79. The Morgan fingerprint density at radius 1 is 1.04 bits per heavy atom. The molecule has 1 fully saturated rings. The molecule has 1 N–H and O–H groups in total. The third-order valence-electron chi connectivity index (χ3n) is 4.24. The molecule has 3 aromatic rings. The number of hydrogen-bond donors (Lipinski definition) is 1. The molecule has 2 aromatic carbocycles. The van der Waals surface area contributed by atoms with Crippen LogP contribution < -0.4 is 10.2 Å². The van der Waals surface area contributed by atoms with Crippen molar-refractivity contribution < 1.29 is 14.0 Å². The zero-order valence-corrected chi connectivity index (χ0v) is 13.8. The number of benzene rings is 2. The fourth-order valence-electron chi connectivity index (χ4n) is 2.94. The first-order chi connectivity index (χ1) is 12.7. The van der Waals surface area contributed by atoms with Crippen molar-refractivity contribution in [2.45, 2.75) is 12.3 Å². The molecule has 0 radical (unpaired) electrons. The minimum Gasteiger partial charge on any atom is -0.407 e. The summed E-state index contributed by atoms with van der Waals surface area (Å²) in [5.74, 6) is -0.166. The summed E-state index contributed by atoms with van der Waals surface area (Å²) in [7, 11) is 0. The molecule has 130 valence electrons. The lowest BCUT2D eigenvalue weighted by molar-refractivity contribution is -0.117. The van der Waals surface area contributed by atoms with Crippen molar-refractivity contribution in [3.8, 4) is 0 Å². The number of aromatic nitrogens is 2. The van der Waals surface area contributed by atoms with E-state index in [2.05, 4.69) is 15.5 Å². The van der Waals surface area contributed by atoms with Gasteiger partial charge in [-0.3, -0.25) is 14.9 Å². The zero-order chi connectivity index (χ0) is 17.9. The van der Waals surface area contributed by atoms with Crippen molar-refractivity contribution in [2.24, 2.45) is 0 Å². The van der Waals surface area contributed by atoms with Crippen molar-refractivity contribution in [1.29, 1.82) is 0 Å². The molecule has 0 spiro atoms. The van der Waals surface area contributed by atoms with E-state index in [1.54, 1.807) is 29.2 Å². The lowest BCUT2D eigenvalue weighted by atomic mass is 10.1. The molecule has 1 saturated heterocycles. The number of carbonyl (C=O) groups excluding carboxylic acids is 2. The summed E-state index contributed by atoms with van der Waals surface area (Å²) >= 11 is 0. The molecule has 0 aliphatic carbocycles. The van der Waals surface area contributed by atoms with E-state index in [4.69, 9.17) is 4.42 Å². The van der Waals surface area contributed by atoms with Gasteiger partial charge in [0.05, 0.1) is 5.92 Å². The van der Waals surface area contributed by atoms with Crippen molar-refractivity contribution in [3.05, 3.63) is 72.1 Å². The maximum atomic E-state index is 12.3. The summed E-state index contributed by atoms with van der Waals surface area (Å²) in [6.07, 6.45) is 0.295. The summed E-state index contributed by atoms with van der Waals surface area (Å²) in [6.45, 7) is 0.469. The number of nitrogens with zero attached hydrogens (tertiary/aromatic N) is 3. The van der Waals surface area contributed by atoms with Crippen molar-refractivity contribution in [2.75, 3.05) is 16.8 Å². The Bertz CT molecular complexity index is 924. The maximum absolute atomic E-state index is 12.3. The third kappa shape index (κ3) is 3.19. The van der Waals surface area contributed by atoms with E-state index in [1.807, 2.05) is 36.4 Å². The standard InChI is InChI=1S/C19H16N4O3/c24-16-11-14(12-23(16)15-9-5-2-6-10-15)18-21-22-19(26-18)20-17(25)13-7-3-1-4-8-13/h1-10,14H,11-12H2,(H,20,22,25). The van der Waals surface area contributed by atoms with E-state index in [0.29, 0.717) is 24.4 Å². The number of amides is 2. The number of anilines is 2. The number of carbonyl (C=O) groups is 2. The number of hydrogen-bond acceptors (Lipinski definition) is 5. The summed E-state index contributed by atoms with van der Waals surface area (Å²) in [5, 5.41) is 10.4. The normalized spacial score (nSPS) is 16.7. The van der Waals surface area contributed by atoms with Crippen LogP contribution in [0, 0.1) is 0 Å². The second-order valence-corrected chi connectivity index (χ2v) is 6.01. The van der Waals surface area contributed by atoms with Crippen LogP contribution in [0.2, 0.25) is 0 Å². The largest absolute Gasteiger partial charge is 0.407 e. The third-order valence-corrected chi connectivity index (χ3v) is 4.24. The van der Waals surface area contributed by atoms with Crippen LogP contribution in [-0.4, -0.2) is 28.6 Å². The summed E-state index contributed by atoms with van der Waals surface area (Å²) in [5.41, 5.74) is 1.34. The maximum Gasteiger partial charge on any atom is 0.322 e. The van der Waals surface area contributed by atoms with Gasteiger partial charge in [0.25, 0.3) is 5.91 Å². The smallest absolute Gasteiger partial charge is 0.322 e. The van der Waals surface area contributed by atoms with Gasteiger partial charge in [-0.15, -0.1) is 5.10 Å². The van der Waals surface area contributed by atoms with Gasteiger partial charge in [-0.25, -0.2) is 0 Å². The average molecular weight is 348 g/mol. The molecule has 1 aliphatic heterocycles. The fraction of sp³-hybridized carbons (Fsp3) is 0.158. The Balaban J connectivity index is 1.45. The van der Waals surface area contributed by atoms with Crippen LogP contribution >= 0.6 is 0 Å². The van der Waals surface area contributed by atoms with Gasteiger partial charge in [0.2, 0.25) is 11.8 Å². The van der Waals surface area contributed by atoms with Gasteiger partial charge in [0, 0.05) is 24.2 Å². The highest BCUT2D eigenvalue weighted by Crippen LogP contribution is 2.31. The first-order valence-electron chi connectivity index (χ1n) is 8.26. The van der Waals surface area contributed by atoms with Crippen LogP contribution in [0.15, 0.2) is 65.1 Å². The monoisotopic (exact) mass is 348 g/mol. The fourth-order valence-corrected chi connectivity index (χ4v) is 2.94. The van der Waals surface area contributed by atoms with Crippen molar-refractivity contribution >= 4 is 23.5 Å². The molecule has 2 heterocycles. The molecule has 26 heavy (non-hydrogen) atoms. The Labute approximate surface area is 149 Å². The zero-order valence-electron chi connectivity index (χ0n) is 13.8. The van der Waals surface area contributed by atoms with Gasteiger partial charge in [-0.05, 0) is 24.3 Å². The molecule has 0 bridgehead atoms. The highest BCUT2D eigenvalue weighted by atomic mass is 16.4. The predicted octanol–water partition coefficient (Wildman–Crippen LogP) is 2.84. The Morgan fingerprint density at radius 2 is 1.73 bits per heavy atom. The lowest BCUT2D eigenvalue weighted by Gasteiger charge is -2.15. The van der Waals surface area contributed by atoms with Crippen LogP contribution in [0.5, 0.6) is 0 Å². The average Bonchev–Trinajstić information content (AvgIpc) is 3.30. The van der Waals surface area contributed by atoms with E-state index >= 15 is 0 Å². The molecule has 4 rings (SSSR count). The lowest BCUT2D eigenvalue weighted by Crippen LogP contribution is -2.24. The minimum absolute atomic E-state index is 0.00858. The highest BCUT2D eigenvalue weighted by Gasteiger charge is 2.35. The van der Waals surface area contributed by atoms with Gasteiger partial charge < -0.3 is 9.32 Å². The molecule has 0 saturated carbocycles. The first kappa shape index (κ1) is 16.0. The first-order valence-corrected chi connectivity index (χ1v) is 8.26. The van der Waals surface area contributed by atoms with Gasteiger partial charge in [0.1, 0.15) is 0 Å². The van der Waals surface area contributed by atoms with E-state index < -0.39 is 0 Å². The quantitative estimate of drug-likeness (QED) is 0.783. The van der Waals surface area contributed by atoms with Gasteiger partial charge in [-0.1, -0.05) is 41.5 Å². The Kier molecular flexibility index (Phi) is 4.18. The highest BCUT2D eigenvalue weighted by molar-refractivity contribution is 6.03. The predicted molar refractivity (Wildman–Crippen MR) is 94.8 cm³/mol. The molecule has 1 aliphatic rings. The van der Waals surface area contributed by atoms with Crippen molar-refractivity contribution in [3.63, 3.8) is 0 Å². The minimum atomic E-state index is -0.325. The molecular formula is C19H16N4O3. The summed E-state index contributed by atoms with van der Waals surface area (Å²) in [6, 6.07) is 18.3. The molecule has 1 aromatic heterocycles. The number of rotatable bonds is 4. The number of nitrogens with one attached hydrogen (secondary N) is 1. The van der Waals surface area contributed by atoms with Gasteiger partial charge >= 0.3 is 6.01 Å². The van der Waals surface area contributed by atoms with E-state index in [1.165, 1.54) is 0 Å². The summed E-state index contributed by atoms with van der Waals surface area (Å²) in [4.78, 5) is 26.1.